The maximum Gasteiger partial charge on any atom is 0.310 e. The van der Waals surface area contributed by atoms with Crippen molar-refractivity contribution in [1.82, 2.24) is 0 Å². The number of aliphatic hydroxyl groups excluding tert-OH is 2. The van der Waals surface area contributed by atoms with Gasteiger partial charge in [-0.05, 0) is 13.3 Å². The van der Waals surface area contributed by atoms with Crippen LogP contribution >= 0.6 is 0 Å². The number of ketones is 1. The number of hydrogen-bond acceptors (Lipinski definition) is 18. The number of hydrogen-bond donors (Lipinski definition) is 2. The second kappa shape index (κ2) is 23.5. The van der Waals surface area contributed by atoms with Crippen molar-refractivity contribution in [2.24, 2.45) is 29.1 Å². The summed E-state index contributed by atoms with van der Waals surface area (Å²) in [6.45, 7) is 6.18. The van der Waals surface area contributed by atoms with Crippen LogP contribution in [0, 0.1) is 29.1 Å². The fraction of sp³-hybridized carbons (Fsp3) is 0.829. The van der Waals surface area contributed by atoms with Crippen molar-refractivity contribution in [1.29, 1.82) is 0 Å². The van der Waals surface area contributed by atoms with Crippen molar-refractivity contribution < 1.29 is 86.3 Å². The lowest BCUT2D eigenvalue weighted by Gasteiger charge is -2.32. The van der Waals surface area contributed by atoms with E-state index in [2.05, 4.69) is 0 Å². The third kappa shape index (κ3) is 17.2. The molecule has 2 N–H and O–H groups in total. The molecule has 0 saturated carbocycles. The van der Waals surface area contributed by atoms with Gasteiger partial charge in [0.1, 0.15) is 37.3 Å². The van der Waals surface area contributed by atoms with Gasteiger partial charge >= 0.3 is 29.8 Å². The molecule has 0 spiro atoms. The van der Waals surface area contributed by atoms with Gasteiger partial charge in [0, 0.05) is 18.3 Å². The fourth-order valence-corrected chi connectivity index (χ4v) is 5.21. The Balaban J connectivity index is 2.13. The van der Waals surface area contributed by atoms with E-state index in [0.717, 1.165) is 21.3 Å². The lowest BCUT2D eigenvalue weighted by molar-refractivity contribution is -0.168. The number of ether oxygens (including phenoxy) is 10. The largest absolute Gasteiger partial charge is 0.469 e. The monoisotopic (exact) mass is 764 g/mol. The molecule has 0 aromatic rings. The van der Waals surface area contributed by atoms with Gasteiger partial charge in [0.2, 0.25) is 0 Å². The summed E-state index contributed by atoms with van der Waals surface area (Å²) in [5.41, 5.74) is -0.556. The zero-order valence-corrected chi connectivity index (χ0v) is 31.4. The van der Waals surface area contributed by atoms with Gasteiger partial charge in [-0.15, -0.1) is 0 Å². The maximum atomic E-state index is 13.5. The number of esters is 5. The van der Waals surface area contributed by atoms with Gasteiger partial charge < -0.3 is 57.6 Å². The predicted molar refractivity (Wildman–Crippen MR) is 179 cm³/mol. The molecule has 18 nitrogen and oxygen atoms in total. The fourth-order valence-electron chi connectivity index (χ4n) is 5.21. The summed E-state index contributed by atoms with van der Waals surface area (Å²) >= 11 is 0. The summed E-state index contributed by atoms with van der Waals surface area (Å²) in [5.74, 6) is -11.3. The Hall–Kier alpha value is -3.26. The van der Waals surface area contributed by atoms with Gasteiger partial charge in [-0.3, -0.25) is 28.8 Å². The minimum Gasteiger partial charge on any atom is -0.469 e. The van der Waals surface area contributed by atoms with Crippen LogP contribution in [0.1, 0.15) is 46.5 Å². The topological polar surface area (TPSA) is 242 Å². The standard InChI is InChI=1S/C35H56O18/c1-7-35(19-48-14-25-16-50-25,20-49-15-26-17-51-26)18-47-12-24(38)13-53-34(43)29(10-30(39)44-4)28(33(42)52-11-21(2)36)9-23(37)8-27(32(41)46-6)22(3)31(40)45-5/h21-22,24-29,36,38H,7-20H2,1-6H3. The predicted octanol–water partition coefficient (Wildman–Crippen LogP) is -0.199. The molecule has 2 saturated heterocycles. The van der Waals surface area contributed by atoms with Crippen LogP contribution in [-0.2, 0) is 76.1 Å². The number of rotatable bonds is 29. The maximum absolute atomic E-state index is 13.5. The average molecular weight is 765 g/mol. The number of methoxy groups -OCH3 is 3. The minimum absolute atomic E-state index is 0.0654. The Morgan fingerprint density at radius 2 is 1.15 bits per heavy atom. The molecule has 0 amide bonds. The highest BCUT2D eigenvalue weighted by Crippen LogP contribution is 2.29. The Morgan fingerprint density at radius 3 is 1.62 bits per heavy atom. The van der Waals surface area contributed by atoms with E-state index in [1.807, 2.05) is 6.92 Å². The zero-order chi connectivity index (χ0) is 39.6. The Morgan fingerprint density at radius 1 is 0.660 bits per heavy atom. The first kappa shape index (κ1) is 45.9. The van der Waals surface area contributed by atoms with Crippen LogP contribution in [0.2, 0.25) is 0 Å². The molecule has 2 fully saturated rings. The summed E-state index contributed by atoms with van der Waals surface area (Å²) in [4.78, 5) is 77.2. The lowest BCUT2D eigenvalue weighted by Crippen LogP contribution is -2.40. The van der Waals surface area contributed by atoms with Crippen LogP contribution in [0.3, 0.4) is 0 Å². The first-order chi connectivity index (χ1) is 25.2. The van der Waals surface area contributed by atoms with Crippen LogP contribution in [0.15, 0.2) is 0 Å². The van der Waals surface area contributed by atoms with E-state index in [1.54, 1.807) is 0 Å². The summed E-state index contributed by atoms with van der Waals surface area (Å²) in [5, 5.41) is 20.4. The van der Waals surface area contributed by atoms with E-state index in [9.17, 15) is 39.0 Å². The molecular formula is C35H56O18. The molecule has 18 heteroatoms. The van der Waals surface area contributed by atoms with Gasteiger partial charge in [0.15, 0.2) is 0 Å². The molecule has 2 rings (SSSR count). The molecule has 2 aliphatic rings. The normalized spacial score (nSPS) is 20.7. The smallest absolute Gasteiger partial charge is 0.310 e. The first-order valence-corrected chi connectivity index (χ1v) is 17.6. The van der Waals surface area contributed by atoms with E-state index in [-0.39, 0.29) is 25.4 Å². The van der Waals surface area contributed by atoms with Crippen molar-refractivity contribution in [3.63, 3.8) is 0 Å². The van der Waals surface area contributed by atoms with E-state index in [0.29, 0.717) is 46.1 Å². The first-order valence-electron chi connectivity index (χ1n) is 17.6. The average Bonchev–Trinajstić information content (AvgIpc) is 4.09. The molecule has 0 bridgehead atoms. The van der Waals surface area contributed by atoms with Gasteiger partial charge in [0.25, 0.3) is 0 Å². The third-order valence-corrected chi connectivity index (χ3v) is 8.86. The Kier molecular flexibility index (Phi) is 20.4. The SMILES string of the molecule is CCC(COCC(O)COC(=O)C(CC(=O)OC)C(CC(=O)CC(C(=O)OC)C(C)C(=O)OC)C(=O)OCC(C)O)(COCC1CO1)COCC1CO1. The van der Waals surface area contributed by atoms with Crippen LogP contribution in [0.5, 0.6) is 0 Å². The zero-order valence-electron chi connectivity index (χ0n) is 31.4. The summed E-state index contributed by atoms with van der Waals surface area (Å²) in [7, 11) is 3.24. The number of epoxide rings is 2. The van der Waals surface area contributed by atoms with Gasteiger partial charge in [-0.25, -0.2) is 0 Å². The summed E-state index contributed by atoms with van der Waals surface area (Å²) < 4.78 is 52.6. The highest BCUT2D eigenvalue weighted by Gasteiger charge is 2.42. The number of aliphatic hydroxyl groups is 2. The lowest BCUT2D eigenvalue weighted by atomic mass is 9.82. The summed E-state index contributed by atoms with van der Waals surface area (Å²) in [6.07, 6.45) is -3.73. The molecule has 8 unspecified atom stereocenters. The van der Waals surface area contributed by atoms with Crippen molar-refractivity contribution in [2.75, 3.05) is 87.4 Å². The van der Waals surface area contributed by atoms with Crippen LogP contribution in [0.25, 0.3) is 0 Å². The molecule has 2 aliphatic heterocycles. The molecule has 0 aromatic carbocycles. The summed E-state index contributed by atoms with van der Waals surface area (Å²) in [6, 6.07) is 0. The Bertz CT molecular complexity index is 1160. The highest BCUT2D eigenvalue weighted by atomic mass is 16.6. The highest BCUT2D eigenvalue weighted by molar-refractivity contribution is 5.92. The second-order valence-electron chi connectivity index (χ2n) is 13.5. The van der Waals surface area contributed by atoms with E-state index < -0.39 is 109 Å². The van der Waals surface area contributed by atoms with Crippen molar-refractivity contribution >= 4 is 35.6 Å². The van der Waals surface area contributed by atoms with Crippen LogP contribution < -0.4 is 0 Å². The van der Waals surface area contributed by atoms with E-state index >= 15 is 0 Å². The molecule has 304 valence electrons. The quantitative estimate of drug-likeness (QED) is 0.0569. The van der Waals surface area contributed by atoms with Gasteiger partial charge in [-0.1, -0.05) is 13.8 Å². The number of carbonyl (C=O) groups excluding carboxylic acids is 6. The van der Waals surface area contributed by atoms with E-state index in [1.165, 1.54) is 13.8 Å². The molecular weight excluding hydrogens is 708 g/mol. The molecule has 0 radical (unpaired) electrons. The molecule has 0 aliphatic carbocycles. The van der Waals surface area contributed by atoms with Crippen molar-refractivity contribution in [3.8, 4) is 0 Å². The van der Waals surface area contributed by atoms with Gasteiger partial charge in [0.05, 0.1) is 110 Å². The van der Waals surface area contributed by atoms with Gasteiger partial charge in [-0.2, -0.15) is 0 Å². The molecule has 8 atom stereocenters. The second-order valence-corrected chi connectivity index (χ2v) is 13.5. The Labute approximate surface area is 309 Å². The van der Waals surface area contributed by atoms with E-state index in [4.69, 9.17) is 47.4 Å². The molecule has 53 heavy (non-hydrogen) atoms. The molecule has 2 heterocycles. The van der Waals surface area contributed by atoms with Crippen LogP contribution in [0.4, 0.5) is 0 Å². The van der Waals surface area contributed by atoms with Crippen molar-refractivity contribution in [3.05, 3.63) is 0 Å². The number of carbonyl (C=O) groups is 6. The van der Waals surface area contributed by atoms with Crippen molar-refractivity contribution in [2.45, 2.75) is 70.9 Å². The third-order valence-electron chi connectivity index (χ3n) is 8.86. The minimum atomic E-state index is -1.65. The number of Topliss-reactive ketones (excluding diaryl/α,β-unsaturated/α-hetero) is 1. The van der Waals surface area contributed by atoms with Crippen LogP contribution in [-0.4, -0.2) is 158 Å². The molecule has 0 aromatic heterocycles.